The quantitative estimate of drug-likeness (QED) is 0.739. The Balaban J connectivity index is 1.49. The summed E-state index contributed by atoms with van der Waals surface area (Å²) in [4.78, 5) is 37.7. The number of para-hydroxylation sites is 2. The van der Waals surface area contributed by atoms with Crippen molar-refractivity contribution in [2.75, 3.05) is 36.4 Å². The van der Waals surface area contributed by atoms with Gasteiger partial charge in [0.05, 0.1) is 11.4 Å². The molecule has 1 fully saturated rings. The Labute approximate surface area is 147 Å². The van der Waals surface area contributed by atoms with Crippen LogP contribution in [0.4, 0.5) is 11.4 Å². The van der Waals surface area contributed by atoms with E-state index in [-0.39, 0.29) is 37.1 Å². The third kappa shape index (κ3) is 4.57. The summed E-state index contributed by atoms with van der Waals surface area (Å²) >= 11 is 0. The first-order valence-corrected chi connectivity index (χ1v) is 8.80. The number of rotatable bonds is 5. The lowest BCUT2D eigenvalue weighted by Crippen LogP contribution is -2.42. The molecule has 1 atom stereocenters. The van der Waals surface area contributed by atoms with E-state index < -0.39 is 0 Å². The van der Waals surface area contributed by atoms with Crippen LogP contribution in [0.25, 0.3) is 0 Å². The number of hydrogen-bond donors (Lipinski definition) is 3. The molecule has 3 rings (SSSR count). The van der Waals surface area contributed by atoms with Gasteiger partial charge >= 0.3 is 0 Å². The van der Waals surface area contributed by atoms with Crippen LogP contribution in [0.5, 0.6) is 0 Å². The zero-order valence-corrected chi connectivity index (χ0v) is 14.2. The molecule has 2 aliphatic heterocycles. The number of nitrogens with one attached hydrogen (secondary N) is 3. The summed E-state index contributed by atoms with van der Waals surface area (Å²) in [5.41, 5.74) is 1.31. The van der Waals surface area contributed by atoms with Crippen LogP contribution >= 0.6 is 0 Å². The van der Waals surface area contributed by atoms with Gasteiger partial charge in [-0.1, -0.05) is 12.1 Å². The number of hydrogen-bond acceptors (Lipinski definition) is 4. The van der Waals surface area contributed by atoms with Gasteiger partial charge < -0.3 is 20.9 Å². The van der Waals surface area contributed by atoms with Crippen molar-refractivity contribution in [3.63, 3.8) is 0 Å². The number of anilines is 2. The smallest absolute Gasteiger partial charge is 0.244 e. The Morgan fingerprint density at radius 1 is 1.24 bits per heavy atom. The summed E-state index contributed by atoms with van der Waals surface area (Å²) in [5.74, 6) is -0.0854. The molecule has 1 aromatic carbocycles. The topological polar surface area (TPSA) is 90.5 Å². The number of piperidine rings is 1. The fourth-order valence-corrected chi connectivity index (χ4v) is 3.26. The van der Waals surface area contributed by atoms with E-state index in [1.165, 1.54) is 4.90 Å². The van der Waals surface area contributed by atoms with Gasteiger partial charge in [0.25, 0.3) is 0 Å². The molecule has 0 aliphatic carbocycles. The maximum Gasteiger partial charge on any atom is 0.244 e. The van der Waals surface area contributed by atoms with Crippen molar-refractivity contribution in [2.45, 2.75) is 25.7 Å². The molecule has 3 amide bonds. The van der Waals surface area contributed by atoms with Crippen LogP contribution in [0.15, 0.2) is 24.3 Å². The van der Waals surface area contributed by atoms with Gasteiger partial charge in [-0.2, -0.15) is 0 Å². The average molecular weight is 344 g/mol. The minimum atomic E-state index is -0.221. The number of carbonyl (C=O) groups excluding carboxylic acids is 3. The van der Waals surface area contributed by atoms with Crippen LogP contribution in [-0.4, -0.2) is 43.9 Å². The van der Waals surface area contributed by atoms with E-state index in [1.807, 2.05) is 6.07 Å². The van der Waals surface area contributed by atoms with E-state index in [9.17, 15) is 14.4 Å². The third-order valence-corrected chi connectivity index (χ3v) is 4.62. The summed E-state index contributed by atoms with van der Waals surface area (Å²) in [7, 11) is 0. The largest absolute Gasteiger partial charge is 0.356 e. The Hall–Kier alpha value is -2.41. The van der Waals surface area contributed by atoms with E-state index >= 15 is 0 Å². The summed E-state index contributed by atoms with van der Waals surface area (Å²) < 4.78 is 0. The molecular weight excluding hydrogens is 320 g/mol. The Morgan fingerprint density at radius 3 is 2.88 bits per heavy atom. The number of amides is 3. The van der Waals surface area contributed by atoms with Crippen LogP contribution < -0.4 is 20.9 Å². The molecule has 7 heteroatoms. The van der Waals surface area contributed by atoms with Gasteiger partial charge in [0.15, 0.2) is 0 Å². The summed E-state index contributed by atoms with van der Waals surface area (Å²) in [6.07, 6.45) is 2.48. The van der Waals surface area contributed by atoms with Gasteiger partial charge in [-0.15, -0.1) is 0 Å². The van der Waals surface area contributed by atoms with Crippen molar-refractivity contribution < 1.29 is 14.4 Å². The highest BCUT2D eigenvalue weighted by atomic mass is 16.2. The molecule has 0 radical (unpaired) electrons. The van der Waals surface area contributed by atoms with Crippen molar-refractivity contribution in [3.05, 3.63) is 24.3 Å². The van der Waals surface area contributed by atoms with Crippen LogP contribution in [-0.2, 0) is 14.4 Å². The highest BCUT2D eigenvalue weighted by Crippen LogP contribution is 2.29. The molecule has 1 unspecified atom stereocenters. The van der Waals surface area contributed by atoms with E-state index in [0.717, 1.165) is 25.9 Å². The summed E-state index contributed by atoms with van der Waals surface area (Å²) in [5, 5.41) is 8.97. The molecule has 2 aliphatic rings. The number of fused-ring (bicyclic) bond motifs is 1. The molecule has 0 aromatic heterocycles. The maximum atomic E-state index is 12.5. The Kier molecular flexibility index (Phi) is 5.65. The van der Waals surface area contributed by atoms with Gasteiger partial charge in [0.1, 0.15) is 6.54 Å². The second-order valence-electron chi connectivity index (χ2n) is 6.56. The minimum Gasteiger partial charge on any atom is -0.356 e. The average Bonchev–Trinajstić information content (AvgIpc) is 2.64. The molecule has 25 heavy (non-hydrogen) atoms. The van der Waals surface area contributed by atoms with Crippen LogP contribution in [0, 0.1) is 5.92 Å². The SMILES string of the molecule is O=C(CCC(=O)N1CC(=O)Nc2ccccc21)NCC1CCCNC1. The van der Waals surface area contributed by atoms with Crippen molar-refractivity contribution in [2.24, 2.45) is 5.92 Å². The lowest BCUT2D eigenvalue weighted by molar-refractivity contribution is -0.125. The van der Waals surface area contributed by atoms with Crippen LogP contribution in [0.3, 0.4) is 0 Å². The maximum absolute atomic E-state index is 12.5. The van der Waals surface area contributed by atoms with Crippen molar-refractivity contribution >= 4 is 29.1 Å². The van der Waals surface area contributed by atoms with E-state index in [4.69, 9.17) is 0 Å². The second kappa shape index (κ2) is 8.11. The monoisotopic (exact) mass is 344 g/mol. The highest BCUT2D eigenvalue weighted by Gasteiger charge is 2.26. The van der Waals surface area contributed by atoms with Crippen molar-refractivity contribution in [3.8, 4) is 0 Å². The molecular formula is C18H24N4O3. The Morgan fingerprint density at radius 2 is 2.08 bits per heavy atom. The zero-order chi connectivity index (χ0) is 17.6. The molecule has 134 valence electrons. The summed E-state index contributed by atoms with van der Waals surface area (Å²) in [6.45, 7) is 2.61. The second-order valence-corrected chi connectivity index (χ2v) is 6.56. The Bertz CT molecular complexity index is 655. The van der Waals surface area contributed by atoms with Gasteiger partial charge in [-0.05, 0) is 44.0 Å². The normalized spacial score (nSPS) is 19.8. The van der Waals surface area contributed by atoms with Crippen molar-refractivity contribution in [1.29, 1.82) is 0 Å². The molecule has 1 aromatic rings. The van der Waals surface area contributed by atoms with Gasteiger partial charge in [0.2, 0.25) is 17.7 Å². The number of nitrogens with zero attached hydrogens (tertiary/aromatic N) is 1. The van der Waals surface area contributed by atoms with E-state index in [1.54, 1.807) is 18.2 Å². The third-order valence-electron chi connectivity index (χ3n) is 4.62. The zero-order valence-electron chi connectivity index (χ0n) is 14.2. The fourth-order valence-electron chi connectivity index (χ4n) is 3.26. The molecule has 0 saturated carbocycles. The van der Waals surface area contributed by atoms with Gasteiger partial charge in [-0.25, -0.2) is 0 Å². The van der Waals surface area contributed by atoms with E-state index in [2.05, 4.69) is 16.0 Å². The predicted molar refractivity (Wildman–Crippen MR) is 95.3 cm³/mol. The van der Waals surface area contributed by atoms with Crippen LogP contribution in [0.2, 0.25) is 0 Å². The summed E-state index contributed by atoms with van der Waals surface area (Å²) in [6, 6.07) is 7.18. The lowest BCUT2D eigenvalue weighted by atomic mass is 10.00. The van der Waals surface area contributed by atoms with E-state index in [0.29, 0.717) is 23.8 Å². The van der Waals surface area contributed by atoms with Crippen LogP contribution in [0.1, 0.15) is 25.7 Å². The molecule has 3 N–H and O–H groups in total. The molecule has 0 spiro atoms. The first-order valence-electron chi connectivity index (χ1n) is 8.80. The van der Waals surface area contributed by atoms with Crippen molar-refractivity contribution in [1.82, 2.24) is 10.6 Å². The molecule has 0 bridgehead atoms. The molecule has 2 heterocycles. The fraction of sp³-hybridized carbons (Fsp3) is 0.500. The van der Waals surface area contributed by atoms with Gasteiger partial charge in [0, 0.05) is 19.4 Å². The number of benzene rings is 1. The molecule has 1 saturated heterocycles. The lowest BCUT2D eigenvalue weighted by Gasteiger charge is -2.29. The molecule has 7 nitrogen and oxygen atoms in total. The first kappa shape index (κ1) is 17.4. The predicted octanol–water partition coefficient (Wildman–Crippen LogP) is 0.868. The van der Waals surface area contributed by atoms with Gasteiger partial charge in [-0.3, -0.25) is 14.4 Å². The standard InChI is InChI=1S/C18H24N4O3/c23-16(20-11-13-4-3-9-19-10-13)7-8-18(25)22-12-17(24)21-14-5-1-2-6-15(14)22/h1-2,5-6,13,19H,3-4,7-12H2,(H,20,23)(H,21,24). The first-order chi connectivity index (χ1) is 12.1. The minimum absolute atomic E-state index is 0.00872. The number of carbonyl (C=O) groups is 3. The highest BCUT2D eigenvalue weighted by molar-refractivity contribution is 6.10.